The number of rotatable bonds is 6. The Bertz CT molecular complexity index is 509. The third-order valence-electron chi connectivity index (χ3n) is 2.97. The molecule has 0 saturated carbocycles. The molecule has 0 heterocycles. The van der Waals surface area contributed by atoms with Crippen molar-refractivity contribution in [3.63, 3.8) is 0 Å². The minimum Gasteiger partial charge on any atom is -0.392 e. The van der Waals surface area contributed by atoms with Crippen LogP contribution in [0.25, 0.3) is 0 Å². The lowest BCUT2D eigenvalue weighted by Gasteiger charge is -2.12. The standard InChI is InChI=1S/C13H21NO3S/c1-4-5-6-14-18(16,17)13-8-12(9-15)7-10(2)11(13)3/h7-8,14-15H,4-6,9H2,1-3H3. The Morgan fingerprint density at radius 2 is 1.94 bits per heavy atom. The summed E-state index contributed by atoms with van der Waals surface area (Å²) in [5.41, 5.74) is 2.22. The average Bonchev–Trinajstić information content (AvgIpc) is 2.32. The van der Waals surface area contributed by atoms with Crippen molar-refractivity contribution >= 4 is 10.0 Å². The zero-order valence-corrected chi connectivity index (χ0v) is 12.0. The SMILES string of the molecule is CCCCNS(=O)(=O)c1cc(CO)cc(C)c1C. The van der Waals surface area contributed by atoms with E-state index < -0.39 is 10.0 Å². The minimum atomic E-state index is -3.48. The van der Waals surface area contributed by atoms with Gasteiger partial charge in [0.25, 0.3) is 0 Å². The maximum absolute atomic E-state index is 12.2. The molecule has 0 atom stereocenters. The van der Waals surface area contributed by atoms with Gasteiger partial charge in [-0.1, -0.05) is 19.4 Å². The predicted octanol–water partition coefficient (Wildman–Crippen LogP) is 1.87. The molecule has 0 saturated heterocycles. The molecule has 5 heteroatoms. The molecule has 1 aromatic carbocycles. The third-order valence-corrected chi connectivity index (χ3v) is 4.56. The highest BCUT2D eigenvalue weighted by molar-refractivity contribution is 7.89. The van der Waals surface area contributed by atoms with Crippen LogP contribution < -0.4 is 4.72 Å². The number of hydrogen-bond acceptors (Lipinski definition) is 3. The minimum absolute atomic E-state index is 0.154. The number of nitrogens with one attached hydrogen (secondary N) is 1. The Morgan fingerprint density at radius 1 is 1.28 bits per heavy atom. The number of aliphatic hydroxyl groups is 1. The van der Waals surface area contributed by atoms with Crippen molar-refractivity contribution in [3.05, 3.63) is 28.8 Å². The normalized spacial score (nSPS) is 11.8. The van der Waals surface area contributed by atoms with Gasteiger partial charge in [0.15, 0.2) is 0 Å². The highest BCUT2D eigenvalue weighted by Crippen LogP contribution is 2.21. The molecule has 0 aliphatic heterocycles. The topological polar surface area (TPSA) is 66.4 Å². The van der Waals surface area contributed by atoms with E-state index in [4.69, 9.17) is 5.11 Å². The second-order valence-corrected chi connectivity index (χ2v) is 6.18. The van der Waals surface area contributed by atoms with E-state index in [1.807, 2.05) is 13.8 Å². The lowest BCUT2D eigenvalue weighted by Crippen LogP contribution is -2.25. The number of hydrogen-bond donors (Lipinski definition) is 2. The first-order valence-corrected chi connectivity index (χ1v) is 7.61. The molecule has 2 N–H and O–H groups in total. The first kappa shape index (κ1) is 15.1. The third kappa shape index (κ3) is 3.54. The maximum Gasteiger partial charge on any atom is 0.240 e. The van der Waals surface area contributed by atoms with Crippen molar-refractivity contribution < 1.29 is 13.5 Å². The summed E-state index contributed by atoms with van der Waals surface area (Å²) in [5, 5.41) is 9.14. The monoisotopic (exact) mass is 271 g/mol. The molecule has 1 aromatic rings. The fraction of sp³-hybridized carbons (Fsp3) is 0.538. The summed E-state index contributed by atoms with van der Waals surface area (Å²) < 4.78 is 26.9. The number of aliphatic hydroxyl groups excluding tert-OH is 1. The van der Waals surface area contributed by atoms with Crippen molar-refractivity contribution in [2.24, 2.45) is 0 Å². The van der Waals surface area contributed by atoms with Gasteiger partial charge in [0.05, 0.1) is 11.5 Å². The van der Waals surface area contributed by atoms with Gasteiger partial charge in [0.2, 0.25) is 10.0 Å². The lowest BCUT2D eigenvalue weighted by atomic mass is 10.1. The lowest BCUT2D eigenvalue weighted by molar-refractivity contribution is 0.281. The summed E-state index contributed by atoms with van der Waals surface area (Å²) in [7, 11) is -3.48. The van der Waals surface area contributed by atoms with E-state index in [0.717, 1.165) is 24.0 Å². The molecule has 18 heavy (non-hydrogen) atoms. The molecule has 0 bridgehead atoms. The van der Waals surface area contributed by atoms with Gasteiger partial charge in [-0.25, -0.2) is 13.1 Å². The molecule has 0 aliphatic carbocycles. The van der Waals surface area contributed by atoms with E-state index in [1.54, 1.807) is 13.0 Å². The van der Waals surface area contributed by atoms with E-state index in [-0.39, 0.29) is 11.5 Å². The quantitative estimate of drug-likeness (QED) is 0.776. The smallest absolute Gasteiger partial charge is 0.240 e. The second kappa shape index (κ2) is 6.31. The summed E-state index contributed by atoms with van der Waals surface area (Å²) in [4.78, 5) is 0.266. The number of unbranched alkanes of at least 4 members (excludes halogenated alkanes) is 1. The molecule has 0 spiro atoms. The molecule has 0 aliphatic rings. The van der Waals surface area contributed by atoms with Gasteiger partial charge in [-0.2, -0.15) is 0 Å². The predicted molar refractivity (Wildman–Crippen MR) is 71.9 cm³/mol. The van der Waals surface area contributed by atoms with Crippen LogP contribution in [0.1, 0.15) is 36.5 Å². The van der Waals surface area contributed by atoms with Gasteiger partial charge >= 0.3 is 0 Å². The van der Waals surface area contributed by atoms with Crippen LogP contribution in [0.5, 0.6) is 0 Å². The van der Waals surface area contributed by atoms with Gasteiger partial charge in [0, 0.05) is 6.54 Å². The highest BCUT2D eigenvalue weighted by atomic mass is 32.2. The molecular weight excluding hydrogens is 250 g/mol. The molecule has 0 radical (unpaired) electrons. The van der Waals surface area contributed by atoms with E-state index in [1.165, 1.54) is 6.07 Å². The van der Waals surface area contributed by atoms with Crippen LogP contribution in [-0.4, -0.2) is 20.1 Å². The van der Waals surface area contributed by atoms with Crippen LogP contribution in [0.2, 0.25) is 0 Å². The molecule has 4 nitrogen and oxygen atoms in total. The zero-order valence-electron chi connectivity index (χ0n) is 11.2. The van der Waals surface area contributed by atoms with E-state index in [9.17, 15) is 8.42 Å². The van der Waals surface area contributed by atoms with Gasteiger partial charge in [-0.3, -0.25) is 0 Å². The Balaban J connectivity index is 3.11. The Labute approximate surface area is 109 Å². The maximum atomic E-state index is 12.2. The second-order valence-electron chi connectivity index (χ2n) is 4.45. The largest absolute Gasteiger partial charge is 0.392 e. The Morgan fingerprint density at radius 3 is 2.50 bits per heavy atom. The Kier molecular flexibility index (Phi) is 5.31. The summed E-state index contributed by atoms with van der Waals surface area (Å²) in [6.07, 6.45) is 1.76. The van der Waals surface area contributed by atoms with E-state index in [2.05, 4.69) is 4.72 Å². The van der Waals surface area contributed by atoms with E-state index in [0.29, 0.717) is 12.1 Å². The van der Waals surface area contributed by atoms with Crippen LogP contribution in [0.15, 0.2) is 17.0 Å². The highest BCUT2D eigenvalue weighted by Gasteiger charge is 2.18. The number of sulfonamides is 1. The van der Waals surface area contributed by atoms with Gasteiger partial charge in [-0.05, 0) is 43.0 Å². The molecule has 0 amide bonds. The van der Waals surface area contributed by atoms with Crippen LogP contribution in [0.3, 0.4) is 0 Å². The van der Waals surface area contributed by atoms with Gasteiger partial charge in [0.1, 0.15) is 0 Å². The molecule has 0 aromatic heterocycles. The molecule has 102 valence electrons. The fourth-order valence-corrected chi connectivity index (χ4v) is 3.17. The summed E-state index contributed by atoms with van der Waals surface area (Å²) >= 11 is 0. The van der Waals surface area contributed by atoms with Crippen LogP contribution in [0.4, 0.5) is 0 Å². The number of benzene rings is 1. The average molecular weight is 271 g/mol. The number of aryl methyl sites for hydroxylation is 1. The summed E-state index contributed by atoms with van der Waals surface area (Å²) in [5.74, 6) is 0. The van der Waals surface area contributed by atoms with Crippen molar-refractivity contribution in [3.8, 4) is 0 Å². The van der Waals surface area contributed by atoms with Crippen LogP contribution in [0, 0.1) is 13.8 Å². The molecule has 1 rings (SSSR count). The van der Waals surface area contributed by atoms with Gasteiger partial charge < -0.3 is 5.11 Å². The first-order valence-electron chi connectivity index (χ1n) is 6.13. The summed E-state index contributed by atoms with van der Waals surface area (Å²) in [6.45, 7) is 5.93. The van der Waals surface area contributed by atoms with Crippen molar-refractivity contribution in [1.29, 1.82) is 0 Å². The summed E-state index contributed by atoms with van der Waals surface area (Å²) in [6, 6.07) is 3.34. The van der Waals surface area contributed by atoms with Crippen molar-refractivity contribution in [2.75, 3.05) is 6.54 Å². The van der Waals surface area contributed by atoms with Crippen molar-refractivity contribution in [1.82, 2.24) is 4.72 Å². The van der Waals surface area contributed by atoms with Crippen LogP contribution in [-0.2, 0) is 16.6 Å². The molecular formula is C13H21NO3S. The van der Waals surface area contributed by atoms with Gasteiger partial charge in [-0.15, -0.1) is 0 Å². The first-order chi connectivity index (χ1) is 8.42. The molecule has 0 unspecified atom stereocenters. The zero-order chi connectivity index (χ0) is 13.8. The van der Waals surface area contributed by atoms with Crippen molar-refractivity contribution in [2.45, 2.75) is 45.1 Å². The molecule has 0 fully saturated rings. The fourth-order valence-electron chi connectivity index (χ4n) is 1.73. The Hall–Kier alpha value is -0.910. The van der Waals surface area contributed by atoms with E-state index >= 15 is 0 Å². The van der Waals surface area contributed by atoms with Crippen LogP contribution >= 0.6 is 0 Å².